The Labute approximate surface area is 102 Å². The van der Waals surface area contributed by atoms with Crippen LogP contribution in [-0.4, -0.2) is 15.9 Å². The van der Waals surface area contributed by atoms with E-state index in [1.807, 2.05) is 12.1 Å². The van der Waals surface area contributed by atoms with Crippen LogP contribution in [0.1, 0.15) is 16.1 Å². The molecule has 0 saturated heterocycles. The Bertz CT molecular complexity index is 734. The van der Waals surface area contributed by atoms with Crippen molar-refractivity contribution >= 4 is 22.4 Å². The van der Waals surface area contributed by atoms with E-state index in [1.54, 1.807) is 18.2 Å². The second-order valence-corrected chi connectivity index (χ2v) is 3.82. The van der Waals surface area contributed by atoms with Gasteiger partial charge in [0, 0.05) is 18.1 Å². The normalized spacial score (nSPS) is 10.7. The number of carbonyl (C=O) groups is 1. The molecule has 0 bridgehead atoms. The molecule has 0 saturated carbocycles. The van der Waals surface area contributed by atoms with Crippen molar-refractivity contribution in [3.05, 3.63) is 54.0 Å². The molecule has 0 aliphatic carbocycles. The summed E-state index contributed by atoms with van der Waals surface area (Å²) in [5, 5.41) is 4.48. The van der Waals surface area contributed by atoms with E-state index in [1.165, 1.54) is 12.4 Å². The Morgan fingerprint density at radius 1 is 1.22 bits per heavy atom. The van der Waals surface area contributed by atoms with E-state index in [2.05, 4.69) is 10.1 Å². The van der Waals surface area contributed by atoms with Crippen LogP contribution in [0.5, 0.6) is 0 Å². The van der Waals surface area contributed by atoms with E-state index in [0.29, 0.717) is 22.2 Å². The minimum Gasteiger partial charge on any atom is -0.398 e. The summed E-state index contributed by atoms with van der Waals surface area (Å²) in [6.07, 6.45) is 2.97. The molecule has 5 nitrogen and oxygen atoms in total. The first-order chi connectivity index (χ1) is 8.77. The number of rotatable bonds is 2. The molecule has 1 aromatic carbocycles. The van der Waals surface area contributed by atoms with E-state index in [4.69, 9.17) is 10.3 Å². The quantitative estimate of drug-likeness (QED) is 0.692. The molecule has 0 radical (unpaired) electrons. The molecule has 0 spiro atoms. The molecule has 0 fully saturated rings. The fourth-order valence-corrected chi connectivity index (χ4v) is 1.77. The standard InChI is InChI=1S/C13H9N3O2/c14-10-5-6-15-7-9(10)13(17)12-8-3-1-2-4-11(8)18-16-12/h1-7H,(H2,14,15). The Morgan fingerprint density at radius 2 is 2.06 bits per heavy atom. The predicted molar refractivity (Wildman–Crippen MR) is 66.1 cm³/mol. The SMILES string of the molecule is Nc1ccncc1C(=O)c1noc2ccccc12. The van der Waals surface area contributed by atoms with Crippen LogP contribution in [0.2, 0.25) is 0 Å². The number of ketones is 1. The van der Waals surface area contributed by atoms with Gasteiger partial charge in [-0.2, -0.15) is 0 Å². The Balaban J connectivity index is 2.16. The van der Waals surface area contributed by atoms with Gasteiger partial charge in [0.2, 0.25) is 5.78 Å². The van der Waals surface area contributed by atoms with Crippen LogP contribution >= 0.6 is 0 Å². The summed E-state index contributed by atoms with van der Waals surface area (Å²) in [7, 11) is 0. The van der Waals surface area contributed by atoms with Crippen LogP contribution < -0.4 is 5.73 Å². The first-order valence-electron chi connectivity index (χ1n) is 5.36. The fraction of sp³-hybridized carbons (Fsp3) is 0. The molecule has 0 unspecified atom stereocenters. The number of anilines is 1. The third-order valence-electron chi connectivity index (χ3n) is 2.69. The first kappa shape index (κ1) is 10.5. The van der Waals surface area contributed by atoms with E-state index < -0.39 is 0 Å². The second-order valence-electron chi connectivity index (χ2n) is 3.82. The summed E-state index contributed by atoms with van der Waals surface area (Å²) in [5.74, 6) is -0.287. The van der Waals surface area contributed by atoms with Crippen molar-refractivity contribution in [2.75, 3.05) is 5.73 Å². The number of nitrogens with two attached hydrogens (primary N) is 1. The van der Waals surface area contributed by atoms with Crippen molar-refractivity contribution in [3.63, 3.8) is 0 Å². The Morgan fingerprint density at radius 3 is 2.89 bits per heavy atom. The van der Waals surface area contributed by atoms with Crippen LogP contribution in [0.15, 0.2) is 47.2 Å². The highest BCUT2D eigenvalue weighted by atomic mass is 16.5. The zero-order valence-electron chi connectivity index (χ0n) is 9.33. The maximum atomic E-state index is 12.3. The van der Waals surface area contributed by atoms with Crippen LogP contribution in [0.4, 0.5) is 5.69 Å². The van der Waals surface area contributed by atoms with Crippen LogP contribution in [0.3, 0.4) is 0 Å². The molecule has 3 aromatic rings. The summed E-state index contributed by atoms with van der Waals surface area (Å²) in [5.41, 5.74) is 7.29. The summed E-state index contributed by atoms with van der Waals surface area (Å²) in [6, 6.07) is 8.76. The first-order valence-corrected chi connectivity index (χ1v) is 5.36. The maximum Gasteiger partial charge on any atom is 0.219 e. The highest BCUT2D eigenvalue weighted by Crippen LogP contribution is 2.22. The van der Waals surface area contributed by atoms with Gasteiger partial charge < -0.3 is 10.3 Å². The number of nitrogens with zero attached hydrogens (tertiary/aromatic N) is 2. The van der Waals surface area contributed by atoms with Gasteiger partial charge in [-0.05, 0) is 18.2 Å². The van der Waals surface area contributed by atoms with Crippen molar-refractivity contribution in [2.45, 2.75) is 0 Å². The number of hydrogen-bond acceptors (Lipinski definition) is 5. The van der Waals surface area contributed by atoms with Crippen LogP contribution in [-0.2, 0) is 0 Å². The smallest absolute Gasteiger partial charge is 0.219 e. The fourth-order valence-electron chi connectivity index (χ4n) is 1.77. The van der Waals surface area contributed by atoms with Gasteiger partial charge in [-0.15, -0.1) is 0 Å². The van der Waals surface area contributed by atoms with Crippen molar-refractivity contribution in [3.8, 4) is 0 Å². The average molecular weight is 239 g/mol. The number of pyridine rings is 1. The summed E-state index contributed by atoms with van der Waals surface area (Å²) >= 11 is 0. The molecule has 0 amide bonds. The Hall–Kier alpha value is -2.69. The third kappa shape index (κ3) is 1.53. The molecule has 18 heavy (non-hydrogen) atoms. The number of fused-ring (bicyclic) bond motifs is 1. The van der Waals surface area contributed by atoms with Gasteiger partial charge in [0.05, 0.1) is 10.9 Å². The van der Waals surface area contributed by atoms with Crippen LogP contribution in [0, 0.1) is 0 Å². The Kier molecular flexibility index (Phi) is 2.30. The molecule has 0 aliphatic heterocycles. The summed E-state index contributed by atoms with van der Waals surface area (Å²) in [6.45, 7) is 0. The lowest BCUT2D eigenvalue weighted by molar-refractivity contribution is 0.103. The van der Waals surface area contributed by atoms with Gasteiger partial charge in [0.15, 0.2) is 11.3 Å². The van der Waals surface area contributed by atoms with E-state index in [0.717, 1.165) is 0 Å². The topological polar surface area (TPSA) is 82.0 Å². The molecule has 0 aliphatic rings. The van der Waals surface area contributed by atoms with Gasteiger partial charge in [-0.25, -0.2) is 0 Å². The number of carbonyl (C=O) groups excluding carboxylic acids is 1. The summed E-state index contributed by atoms with van der Waals surface area (Å²) in [4.78, 5) is 16.2. The minimum atomic E-state index is -0.287. The van der Waals surface area contributed by atoms with Gasteiger partial charge in [-0.3, -0.25) is 9.78 Å². The monoisotopic (exact) mass is 239 g/mol. The predicted octanol–water partition coefficient (Wildman–Crippen LogP) is 2.04. The third-order valence-corrected chi connectivity index (χ3v) is 2.69. The molecule has 2 heterocycles. The summed E-state index contributed by atoms with van der Waals surface area (Å²) < 4.78 is 5.10. The molecule has 0 atom stereocenters. The number of nitrogen functional groups attached to an aromatic ring is 1. The van der Waals surface area contributed by atoms with E-state index >= 15 is 0 Å². The maximum absolute atomic E-state index is 12.3. The number of hydrogen-bond donors (Lipinski definition) is 1. The molecule has 2 aromatic heterocycles. The lowest BCUT2D eigenvalue weighted by Gasteiger charge is -2.00. The second kappa shape index (κ2) is 3.96. The molecular formula is C13H9N3O2. The van der Waals surface area contributed by atoms with Gasteiger partial charge in [-0.1, -0.05) is 17.3 Å². The van der Waals surface area contributed by atoms with Gasteiger partial charge in [0.25, 0.3) is 0 Å². The van der Waals surface area contributed by atoms with Gasteiger partial charge in [0.1, 0.15) is 0 Å². The van der Waals surface area contributed by atoms with Crippen molar-refractivity contribution < 1.29 is 9.32 Å². The zero-order valence-corrected chi connectivity index (χ0v) is 9.33. The number of aromatic nitrogens is 2. The molecular weight excluding hydrogens is 230 g/mol. The minimum absolute atomic E-state index is 0.255. The lowest BCUT2D eigenvalue weighted by atomic mass is 10.1. The molecule has 3 rings (SSSR count). The molecule has 88 valence electrons. The highest BCUT2D eigenvalue weighted by Gasteiger charge is 2.19. The molecule has 2 N–H and O–H groups in total. The van der Waals surface area contributed by atoms with Crippen molar-refractivity contribution in [2.24, 2.45) is 0 Å². The largest absolute Gasteiger partial charge is 0.398 e. The highest BCUT2D eigenvalue weighted by molar-refractivity contribution is 6.16. The van der Waals surface area contributed by atoms with Crippen LogP contribution in [0.25, 0.3) is 11.0 Å². The number of benzene rings is 1. The van der Waals surface area contributed by atoms with Gasteiger partial charge >= 0.3 is 0 Å². The zero-order chi connectivity index (χ0) is 12.5. The average Bonchev–Trinajstić information content (AvgIpc) is 2.82. The molecule has 5 heteroatoms. The van der Waals surface area contributed by atoms with Crippen molar-refractivity contribution in [1.29, 1.82) is 0 Å². The number of para-hydroxylation sites is 1. The lowest BCUT2D eigenvalue weighted by Crippen LogP contribution is -2.06. The van der Waals surface area contributed by atoms with E-state index in [9.17, 15) is 4.79 Å². The van der Waals surface area contributed by atoms with E-state index in [-0.39, 0.29) is 11.5 Å². The van der Waals surface area contributed by atoms with Crippen molar-refractivity contribution in [1.82, 2.24) is 10.1 Å².